The highest BCUT2D eigenvalue weighted by Crippen LogP contribution is 2.19. The van der Waals surface area contributed by atoms with Gasteiger partial charge in [0.2, 0.25) is 5.95 Å². The largest absolute Gasteiger partial charge is 0.450 e. The number of para-hydroxylation sites is 1. The molecule has 0 unspecified atom stereocenters. The molecule has 9 heteroatoms. The number of hydrogen-bond donors (Lipinski definition) is 4. The van der Waals surface area contributed by atoms with Crippen LogP contribution in [0.5, 0.6) is 0 Å². The van der Waals surface area contributed by atoms with Gasteiger partial charge in [-0.1, -0.05) is 24.3 Å². The molecule has 34 heavy (non-hydrogen) atoms. The SMILES string of the molecule is CCOC(=O)Nc1nccc(C=Cc2cncc(NC[C@@H](N)Cc3c[nH]c4ccccc34)c2)n1. The van der Waals surface area contributed by atoms with Crippen LogP contribution in [0, 0.1) is 0 Å². The normalized spacial score (nSPS) is 12.1. The van der Waals surface area contributed by atoms with Gasteiger partial charge >= 0.3 is 6.09 Å². The number of aromatic nitrogens is 4. The molecule has 9 nitrogen and oxygen atoms in total. The van der Waals surface area contributed by atoms with Crippen molar-refractivity contribution >= 4 is 40.8 Å². The van der Waals surface area contributed by atoms with E-state index in [1.165, 1.54) is 10.9 Å². The van der Waals surface area contributed by atoms with E-state index in [9.17, 15) is 4.79 Å². The van der Waals surface area contributed by atoms with Gasteiger partial charge < -0.3 is 20.8 Å². The van der Waals surface area contributed by atoms with E-state index >= 15 is 0 Å². The molecule has 1 aromatic carbocycles. The highest BCUT2D eigenvalue weighted by Gasteiger charge is 2.09. The first-order valence-electron chi connectivity index (χ1n) is 11.0. The summed E-state index contributed by atoms with van der Waals surface area (Å²) < 4.78 is 4.84. The van der Waals surface area contributed by atoms with Crippen molar-refractivity contribution in [1.82, 2.24) is 19.9 Å². The summed E-state index contributed by atoms with van der Waals surface area (Å²) in [6, 6.07) is 11.9. The average Bonchev–Trinajstić information content (AvgIpc) is 3.25. The van der Waals surface area contributed by atoms with Crippen molar-refractivity contribution < 1.29 is 9.53 Å². The first-order valence-corrected chi connectivity index (χ1v) is 11.0. The van der Waals surface area contributed by atoms with Crippen LogP contribution in [0.25, 0.3) is 23.1 Å². The maximum Gasteiger partial charge on any atom is 0.414 e. The van der Waals surface area contributed by atoms with Gasteiger partial charge in [-0.3, -0.25) is 10.3 Å². The molecule has 0 saturated heterocycles. The number of benzene rings is 1. The molecule has 5 N–H and O–H groups in total. The molecule has 1 amide bonds. The lowest BCUT2D eigenvalue weighted by Crippen LogP contribution is -2.31. The molecule has 174 valence electrons. The van der Waals surface area contributed by atoms with Crippen LogP contribution in [0.15, 0.2) is 61.2 Å². The van der Waals surface area contributed by atoms with Crippen LogP contribution in [0.3, 0.4) is 0 Å². The van der Waals surface area contributed by atoms with Crippen molar-refractivity contribution in [2.45, 2.75) is 19.4 Å². The first-order chi connectivity index (χ1) is 16.6. The third-order valence-corrected chi connectivity index (χ3v) is 5.10. The van der Waals surface area contributed by atoms with Gasteiger partial charge in [-0.2, -0.15) is 0 Å². The van der Waals surface area contributed by atoms with Crippen molar-refractivity contribution in [2.75, 3.05) is 23.8 Å². The number of carbonyl (C=O) groups excluding carboxylic acids is 1. The molecule has 0 bridgehead atoms. The number of H-pyrrole nitrogens is 1. The third-order valence-electron chi connectivity index (χ3n) is 5.10. The van der Waals surface area contributed by atoms with Crippen molar-refractivity contribution in [2.24, 2.45) is 5.73 Å². The maximum absolute atomic E-state index is 11.5. The number of aromatic amines is 1. The van der Waals surface area contributed by atoms with E-state index in [1.807, 2.05) is 36.5 Å². The van der Waals surface area contributed by atoms with Crippen LogP contribution in [0.4, 0.5) is 16.4 Å². The average molecular weight is 458 g/mol. The Balaban J connectivity index is 1.34. The molecule has 1 atom stereocenters. The Kier molecular flexibility index (Phi) is 7.46. The number of rotatable bonds is 9. The van der Waals surface area contributed by atoms with Gasteiger partial charge in [-0.25, -0.2) is 14.8 Å². The molecular formula is C25H27N7O2. The molecule has 0 aliphatic rings. The molecule has 0 spiro atoms. The lowest BCUT2D eigenvalue weighted by molar-refractivity contribution is 0.167. The minimum atomic E-state index is -0.588. The molecule has 0 aliphatic heterocycles. The van der Waals surface area contributed by atoms with E-state index < -0.39 is 6.09 Å². The topological polar surface area (TPSA) is 131 Å². The highest BCUT2D eigenvalue weighted by atomic mass is 16.5. The zero-order valence-electron chi connectivity index (χ0n) is 18.9. The smallest absolute Gasteiger partial charge is 0.414 e. The molecule has 0 aliphatic carbocycles. The quantitative estimate of drug-likeness (QED) is 0.298. The molecule has 0 fully saturated rings. The number of amides is 1. The fraction of sp³-hybridized carbons (Fsp3) is 0.200. The first kappa shape index (κ1) is 22.9. The van der Waals surface area contributed by atoms with Gasteiger partial charge in [0.1, 0.15) is 0 Å². The number of hydrogen-bond acceptors (Lipinski definition) is 7. The van der Waals surface area contributed by atoms with Crippen LogP contribution < -0.4 is 16.4 Å². The molecule has 0 saturated carbocycles. The molecule has 4 aromatic rings. The summed E-state index contributed by atoms with van der Waals surface area (Å²) in [6.45, 7) is 2.62. The van der Waals surface area contributed by atoms with E-state index in [0.717, 1.165) is 23.2 Å². The van der Waals surface area contributed by atoms with Crippen LogP contribution in [0.2, 0.25) is 0 Å². The summed E-state index contributed by atoms with van der Waals surface area (Å²) in [4.78, 5) is 27.4. The molecule has 3 heterocycles. The molecule has 4 rings (SSSR count). The Hall–Kier alpha value is -4.24. The Bertz CT molecular complexity index is 1290. The maximum atomic E-state index is 11.5. The number of nitrogens with two attached hydrogens (primary N) is 1. The van der Waals surface area contributed by atoms with E-state index in [-0.39, 0.29) is 18.6 Å². The standard InChI is InChI=1S/C25H27N7O2/c1-2-34-25(33)32-24-28-10-9-20(31-24)8-7-17-11-21(16-27-13-17)29-15-19(26)12-18-14-30-23-6-4-3-5-22(18)23/h3-11,13-14,16,19,29-30H,2,12,15,26H2,1H3,(H,28,31,32,33)/t19-/m0/s1. The summed E-state index contributed by atoms with van der Waals surface area (Å²) in [7, 11) is 0. The number of fused-ring (bicyclic) bond motifs is 1. The minimum Gasteiger partial charge on any atom is -0.450 e. The summed E-state index contributed by atoms with van der Waals surface area (Å²) in [5.74, 6) is 0.179. The number of nitrogens with one attached hydrogen (secondary N) is 3. The fourth-order valence-corrected chi connectivity index (χ4v) is 3.52. The number of ether oxygens (including phenoxy) is 1. The van der Waals surface area contributed by atoms with Gasteiger partial charge in [0.05, 0.1) is 18.0 Å². The van der Waals surface area contributed by atoms with E-state index in [0.29, 0.717) is 12.2 Å². The second kappa shape index (κ2) is 11.1. The van der Waals surface area contributed by atoms with E-state index in [4.69, 9.17) is 10.5 Å². The van der Waals surface area contributed by atoms with Crippen LogP contribution in [-0.4, -0.2) is 45.2 Å². The zero-order chi connectivity index (χ0) is 23.8. The third kappa shape index (κ3) is 6.17. The van der Waals surface area contributed by atoms with Crippen molar-refractivity contribution in [3.8, 4) is 0 Å². The zero-order valence-corrected chi connectivity index (χ0v) is 18.9. The Labute approximate surface area is 197 Å². The Morgan fingerprint density at radius 2 is 2.12 bits per heavy atom. The van der Waals surface area contributed by atoms with Gasteiger partial charge in [-0.05, 0) is 48.7 Å². The second-order valence-electron chi connectivity index (χ2n) is 7.70. The molecule has 0 radical (unpaired) electrons. The highest BCUT2D eigenvalue weighted by molar-refractivity contribution is 5.83. The van der Waals surface area contributed by atoms with E-state index in [2.05, 4.69) is 42.7 Å². The predicted molar refractivity (Wildman–Crippen MR) is 134 cm³/mol. The lowest BCUT2D eigenvalue weighted by Gasteiger charge is -2.13. The summed E-state index contributed by atoms with van der Waals surface area (Å²) in [5, 5.41) is 7.06. The lowest BCUT2D eigenvalue weighted by atomic mass is 10.1. The van der Waals surface area contributed by atoms with Crippen LogP contribution in [-0.2, 0) is 11.2 Å². The van der Waals surface area contributed by atoms with Gasteiger partial charge in [0, 0.05) is 48.3 Å². The Morgan fingerprint density at radius 1 is 1.24 bits per heavy atom. The molecular weight excluding hydrogens is 430 g/mol. The minimum absolute atomic E-state index is 0.0512. The number of nitrogens with zero attached hydrogens (tertiary/aromatic N) is 3. The second-order valence-corrected chi connectivity index (χ2v) is 7.70. The summed E-state index contributed by atoms with van der Waals surface area (Å²) in [6.07, 6.45) is 11.0. The fourth-order valence-electron chi connectivity index (χ4n) is 3.52. The summed E-state index contributed by atoms with van der Waals surface area (Å²) in [5.41, 5.74) is 11.1. The number of carbonyl (C=O) groups is 1. The monoisotopic (exact) mass is 457 g/mol. The summed E-state index contributed by atoms with van der Waals surface area (Å²) >= 11 is 0. The van der Waals surface area contributed by atoms with E-state index in [1.54, 1.807) is 31.6 Å². The van der Waals surface area contributed by atoms with Crippen molar-refractivity contribution in [3.63, 3.8) is 0 Å². The van der Waals surface area contributed by atoms with Crippen LogP contribution in [0.1, 0.15) is 23.7 Å². The van der Waals surface area contributed by atoms with Crippen LogP contribution >= 0.6 is 0 Å². The Morgan fingerprint density at radius 3 is 3.00 bits per heavy atom. The predicted octanol–water partition coefficient (Wildman–Crippen LogP) is 4.07. The molecule has 3 aromatic heterocycles. The van der Waals surface area contributed by atoms with Gasteiger partial charge in [-0.15, -0.1) is 0 Å². The van der Waals surface area contributed by atoms with Gasteiger partial charge in [0.15, 0.2) is 0 Å². The van der Waals surface area contributed by atoms with Crippen molar-refractivity contribution in [1.29, 1.82) is 0 Å². The van der Waals surface area contributed by atoms with Gasteiger partial charge in [0.25, 0.3) is 0 Å². The number of anilines is 2. The van der Waals surface area contributed by atoms with Crippen molar-refractivity contribution in [3.05, 3.63) is 78.0 Å². The number of pyridine rings is 1.